The van der Waals surface area contributed by atoms with Crippen molar-refractivity contribution < 1.29 is 4.79 Å². The number of nitrogens with zero attached hydrogens (tertiary/aromatic N) is 2. The third kappa shape index (κ3) is 3.78. The lowest BCUT2D eigenvalue weighted by atomic mass is 10.1. The molecular weight excluding hydrogens is 188 g/mol. The molecule has 0 saturated heterocycles. The molecule has 0 atom stereocenters. The van der Waals surface area contributed by atoms with E-state index in [0.29, 0.717) is 18.8 Å². The molecule has 82 valence electrons. The molecule has 0 unspecified atom stereocenters. The first-order chi connectivity index (χ1) is 6.99. The van der Waals surface area contributed by atoms with Gasteiger partial charge in [-0.1, -0.05) is 13.8 Å². The molecule has 0 N–H and O–H groups in total. The Labute approximate surface area is 91.0 Å². The first-order valence-electron chi connectivity index (χ1n) is 5.33. The van der Waals surface area contributed by atoms with Crippen LogP contribution in [0.25, 0.3) is 0 Å². The molecule has 0 amide bonds. The Bertz CT molecular complexity index is 359. The summed E-state index contributed by atoms with van der Waals surface area (Å²) in [6, 6.07) is 2.00. The topological polar surface area (TPSA) is 42.9 Å². The summed E-state index contributed by atoms with van der Waals surface area (Å²) in [6.45, 7) is 7.77. The number of hydrogen-bond acceptors (Lipinski definition) is 3. The van der Waals surface area contributed by atoms with Crippen molar-refractivity contribution in [2.75, 3.05) is 0 Å². The quantitative estimate of drug-likeness (QED) is 0.759. The molecule has 0 radical (unpaired) electrons. The highest BCUT2D eigenvalue weighted by Gasteiger charge is 2.06. The van der Waals surface area contributed by atoms with Gasteiger partial charge >= 0.3 is 0 Å². The van der Waals surface area contributed by atoms with E-state index in [1.54, 1.807) is 6.92 Å². The Kier molecular flexibility index (Phi) is 3.95. The van der Waals surface area contributed by atoms with Crippen LogP contribution in [-0.2, 0) is 11.2 Å². The lowest BCUT2D eigenvalue weighted by Crippen LogP contribution is -2.04. The third-order valence-electron chi connectivity index (χ3n) is 2.21. The van der Waals surface area contributed by atoms with Crippen molar-refractivity contribution in [3.05, 3.63) is 23.3 Å². The number of carbonyl (C=O) groups excluding carboxylic acids is 1. The minimum atomic E-state index is 0.186. The van der Waals surface area contributed by atoms with Crippen LogP contribution in [0.15, 0.2) is 6.07 Å². The fourth-order valence-electron chi connectivity index (χ4n) is 1.35. The number of Topliss-reactive ketones (excluding diaryl/α,β-unsaturated/α-hetero) is 1. The second-order valence-corrected chi connectivity index (χ2v) is 4.21. The van der Waals surface area contributed by atoms with Crippen molar-refractivity contribution in [3.63, 3.8) is 0 Å². The van der Waals surface area contributed by atoms with Gasteiger partial charge in [-0.05, 0) is 25.8 Å². The maximum Gasteiger partial charge on any atom is 0.130 e. The Hall–Kier alpha value is -1.25. The van der Waals surface area contributed by atoms with Crippen molar-refractivity contribution in [1.82, 2.24) is 9.97 Å². The van der Waals surface area contributed by atoms with Gasteiger partial charge in [0.05, 0.1) is 0 Å². The monoisotopic (exact) mass is 206 g/mol. The average molecular weight is 206 g/mol. The van der Waals surface area contributed by atoms with E-state index in [1.165, 1.54) is 0 Å². The van der Waals surface area contributed by atoms with Crippen molar-refractivity contribution in [2.24, 2.45) is 0 Å². The first-order valence-corrected chi connectivity index (χ1v) is 5.33. The zero-order valence-corrected chi connectivity index (χ0v) is 9.87. The van der Waals surface area contributed by atoms with Crippen LogP contribution in [0.2, 0.25) is 0 Å². The van der Waals surface area contributed by atoms with Crippen LogP contribution in [0.5, 0.6) is 0 Å². The molecule has 0 spiro atoms. The molecule has 0 bridgehead atoms. The van der Waals surface area contributed by atoms with Gasteiger partial charge < -0.3 is 4.79 Å². The summed E-state index contributed by atoms with van der Waals surface area (Å²) < 4.78 is 0. The molecule has 0 aliphatic rings. The van der Waals surface area contributed by atoms with E-state index >= 15 is 0 Å². The van der Waals surface area contributed by atoms with Gasteiger partial charge in [-0.25, -0.2) is 9.97 Å². The molecule has 1 aromatic heterocycles. The smallest absolute Gasteiger partial charge is 0.130 e. The van der Waals surface area contributed by atoms with Crippen molar-refractivity contribution >= 4 is 5.78 Å². The number of rotatable bonds is 4. The normalized spacial score (nSPS) is 10.7. The zero-order chi connectivity index (χ0) is 11.4. The third-order valence-corrected chi connectivity index (χ3v) is 2.21. The summed E-state index contributed by atoms with van der Waals surface area (Å²) in [5.74, 6) is 1.38. The van der Waals surface area contributed by atoms with E-state index in [0.717, 1.165) is 17.2 Å². The van der Waals surface area contributed by atoms with Crippen LogP contribution in [0.4, 0.5) is 0 Å². The number of hydrogen-bond donors (Lipinski definition) is 0. The van der Waals surface area contributed by atoms with Crippen LogP contribution < -0.4 is 0 Å². The highest BCUT2D eigenvalue weighted by Crippen LogP contribution is 2.13. The molecule has 0 fully saturated rings. The first kappa shape index (κ1) is 11.8. The molecule has 1 heterocycles. The van der Waals surface area contributed by atoms with Crippen LogP contribution in [0, 0.1) is 6.92 Å². The maximum atomic E-state index is 10.9. The average Bonchev–Trinajstić information content (AvgIpc) is 2.13. The predicted octanol–water partition coefficient (Wildman–Crippen LogP) is 2.43. The van der Waals surface area contributed by atoms with Gasteiger partial charge in [-0.3, -0.25) is 0 Å². The summed E-state index contributed by atoms with van der Waals surface area (Å²) in [5, 5.41) is 0. The minimum Gasteiger partial charge on any atom is -0.300 e. The largest absolute Gasteiger partial charge is 0.300 e. The number of carbonyl (C=O) groups is 1. The maximum absolute atomic E-state index is 10.9. The standard InChI is InChI=1S/C12H18N2O/c1-8(2)11-7-9(3)13-12(14-11)6-5-10(4)15/h7-8H,5-6H2,1-4H3. The van der Waals surface area contributed by atoms with Gasteiger partial charge in [0.15, 0.2) is 0 Å². The highest BCUT2D eigenvalue weighted by atomic mass is 16.1. The van der Waals surface area contributed by atoms with E-state index in [4.69, 9.17) is 0 Å². The second kappa shape index (κ2) is 5.01. The van der Waals surface area contributed by atoms with Gasteiger partial charge in [-0.2, -0.15) is 0 Å². The molecule has 0 aliphatic heterocycles. The summed E-state index contributed by atoms with van der Waals surface area (Å²) in [4.78, 5) is 19.6. The van der Waals surface area contributed by atoms with Crippen LogP contribution in [-0.4, -0.2) is 15.8 Å². The Morgan fingerprint density at radius 3 is 2.60 bits per heavy atom. The van der Waals surface area contributed by atoms with Crippen molar-refractivity contribution in [1.29, 1.82) is 0 Å². The van der Waals surface area contributed by atoms with Crippen molar-refractivity contribution in [3.8, 4) is 0 Å². The van der Waals surface area contributed by atoms with E-state index < -0.39 is 0 Å². The van der Waals surface area contributed by atoms with Gasteiger partial charge in [0.1, 0.15) is 11.6 Å². The summed E-state index contributed by atoms with van der Waals surface area (Å²) in [7, 11) is 0. The summed E-state index contributed by atoms with van der Waals surface area (Å²) >= 11 is 0. The summed E-state index contributed by atoms with van der Waals surface area (Å²) in [5.41, 5.74) is 2.04. The molecular formula is C12H18N2O. The predicted molar refractivity (Wildman–Crippen MR) is 59.9 cm³/mol. The van der Waals surface area contributed by atoms with Crippen molar-refractivity contribution in [2.45, 2.75) is 46.5 Å². The molecule has 0 aliphatic carbocycles. The second-order valence-electron chi connectivity index (χ2n) is 4.21. The zero-order valence-electron chi connectivity index (χ0n) is 9.87. The molecule has 3 heteroatoms. The molecule has 3 nitrogen and oxygen atoms in total. The molecule has 0 aromatic carbocycles. The van der Waals surface area contributed by atoms with E-state index in [1.807, 2.05) is 13.0 Å². The van der Waals surface area contributed by atoms with Crippen LogP contribution in [0.1, 0.15) is 50.3 Å². The Morgan fingerprint density at radius 1 is 1.40 bits per heavy atom. The van der Waals surface area contributed by atoms with Gasteiger partial charge in [0, 0.05) is 24.2 Å². The van der Waals surface area contributed by atoms with E-state index in [-0.39, 0.29) is 5.78 Å². The number of aromatic nitrogens is 2. The Morgan fingerprint density at radius 2 is 2.07 bits per heavy atom. The fraction of sp³-hybridized carbons (Fsp3) is 0.583. The SMILES string of the molecule is CC(=O)CCc1nc(C)cc(C(C)C)n1. The van der Waals surface area contributed by atoms with E-state index in [9.17, 15) is 4.79 Å². The molecule has 1 aromatic rings. The molecule has 15 heavy (non-hydrogen) atoms. The lowest BCUT2D eigenvalue weighted by molar-refractivity contribution is -0.117. The van der Waals surface area contributed by atoms with Gasteiger partial charge in [0.25, 0.3) is 0 Å². The van der Waals surface area contributed by atoms with Gasteiger partial charge in [-0.15, -0.1) is 0 Å². The van der Waals surface area contributed by atoms with Crippen LogP contribution >= 0.6 is 0 Å². The molecule has 0 saturated carbocycles. The number of aryl methyl sites for hydroxylation is 2. The van der Waals surface area contributed by atoms with Crippen LogP contribution in [0.3, 0.4) is 0 Å². The van der Waals surface area contributed by atoms with E-state index in [2.05, 4.69) is 23.8 Å². The Balaban J connectivity index is 2.84. The lowest BCUT2D eigenvalue weighted by Gasteiger charge is -2.07. The fourth-order valence-corrected chi connectivity index (χ4v) is 1.35. The molecule has 1 rings (SSSR count). The van der Waals surface area contributed by atoms with Gasteiger partial charge in [0.2, 0.25) is 0 Å². The summed E-state index contributed by atoms with van der Waals surface area (Å²) in [6.07, 6.45) is 1.18. The highest BCUT2D eigenvalue weighted by molar-refractivity contribution is 5.75. The number of ketones is 1. The minimum absolute atomic E-state index is 0.186.